The lowest BCUT2D eigenvalue weighted by Gasteiger charge is -2.22. The minimum Gasteiger partial charge on any atom is -0.338 e. The summed E-state index contributed by atoms with van der Waals surface area (Å²) in [5, 5.41) is 3.49. The Kier molecular flexibility index (Phi) is 5.54. The van der Waals surface area contributed by atoms with Gasteiger partial charge in [0.2, 0.25) is 5.91 Å². The molecule has 3 aromatic rings. The zero-order valence-corrected chi connectivity index (χ0v) is 16.1. The monoisotopic (exact) mass is 409 g/mol. The lowest BCUT2D eigenvalue weighted by molar-refractivity contribution is -0.144. The van der Waals surface area contributed by atoms with E-state index in [0.717, 1.165) is 4.52 Å². The molecular weight excluding hydrogens is 390 g/mol. The van der Waals surface area contributed by atoms with Crippen LogP contribution in [0.15, 0.2) is 24.3 Å². The summed E-state index contributed by atoms with van der Waals surface area (Å²) in [6.07, 6.45) is -4.75. The second kappa shape index (κ2) is 7.76. The molecule has 0 aliphatic heterocycles. The average Bonchev–Trinajstić information content (AvgIpc) is 3.07. The van der Waals surface area contributed by atoms with Crippen LogP contribution in [-0.4, -0.2) is 36.9 Å². The van der Waals surface area contributed by atoms with Gasteiger partial charge in [-0.1, -0.05) is 12.1 Å². The van der Waals surface area contributed by atoms with Gasteiger partial charge in [-0.25, -0.2) is 13.9 Å². The van der Waals surface area contributed by atoms with Crippen LogP contribution in [0.4, 0.5) is 17.6 Å². The highest BCUT2D eigenvalue weighted by Gasteiger charge is 2.37. The summed E-state index contributed by atoms with van der Waals surface area (Å²) in [5.41, 5.74) is 1.91. The van der Waals surface area contributed by atoms with E-state index in [9.17, 15) is 22.4 Å². The van der Waals surface area contributed by atoms with Crippen molar-refractivity contribution in [1.82, 2.24) is 24.5 Å². The van der Waals surface area contributed by atoms with E-state index in [2.05, 4.69) is 15.1 Å². The Morgan fingerprint density at radius 2 is 1.93 bits per heavy atom. The molecule has 1 amide bonds. The van der Waals surface area contributed by atoms with Gasteiger partial charge >= 0.3 is 6.18 Å². The molecule has 1 aromatic carbocycles. The van der Waals surface area contributed by atoms with Gasteiger partial charge in [0.25, 0.3) is 11.6 Å². The van der Waals surface area contributed by atoms with E-state index < -0.39 is 12.0 Å². The zero-order valence-electron chi connectivity index (χ0n) is 16.1. The van der Waals surface area contributed by atoms with Crippen LogP contribution in [0.2, 0.25) is 0 Å². The van der Waals surface area contributed by atoms with E-state index in [1.165, 1.54) is 12.1 Å². The molecule has 0 bridgehead atoms. The molecule has 29 heavy (non-hydrogen) atoms. The van der Waals surface area contributed by atoms with Crippen LogP contribution in [-0.2, 0) is 23.9 Å². The van der Waals surface area contributed by atoms with Crippen LogP contribution in [0.3, 0.4) is 0 Å². The molecule has 2 heterocycles. The molecule has 6 nitrogen and oxygen atoms in total. The van der Waals surface area contributed by atoms with Crippen molar-refractivity contribution in [1.29, 1.82) is 0 Å². The lowest BCUT2D eigenvalue weighted by Crippen LogP contribution is -2.32. The summed E-state index contributed by atoms with van der Waals surface area (Å²) in [6, 6.07) is 5.96. The van der Waals surface area contributed by atoms with Gasteiger partial charge in [0.15, 0.2) is 0 Å². The van der Waals surface area contributed by atoms with Crippen molar-refractivity contribution in [2.45, 2.75) is 39.9 Å². The Morgan fingerprint density at radius 1 is 1.21 bits per heavy atom. The Balaban J connectivity index is 1.88. The Hall–Kier alpha value is -3.04. The number of carbonyl (C=O) groups excluding carboxylic acids is 1. The molecule has 10 heteroatoms. The highest BCUT2D eigenvalue weighted by molar-refractivity contribution is 5.79. The fraction of sp³-hybridized carbons (Fsp3) is 0.368. The van der Waals surface area contributed by atoms with E-state index >= 15 is 0 Å². The summed E-state index contributed by atoms with van der Waals surface area (Å²) in [4.78, 5) is 21.9. The second-order valence-electron chi connectivity index (χ2n) is 6.62. The average molecular weight is 409 g/mol. The van der Waals surface area contributed by atoms with Crippen molar-refractivity contribution < 1.29 is 22.4 Å². The number of hydrogen-bond donors (Lipinski definition) is 0. The molecule has 0 atom stereocenters. The quantitative estimate of drug-likeness (QED) is 0.606. The maximum atomic E-state index is 13.4. The fourth-order valence-electron chi connectivity index (χ4n) is 3.08. The molecule has 0 aliphatic carbocycles. The molecule has 3 rings (SSSR count). The van der Waals surface area contributed by atoms with Crippen molar-refractivity contribution >= 4 is 11.7 Å². The standard InChI is InChI=1S/C19H19F4N5O/c1-4-27(10-13-6-5-7-14(20)8-13)16(29)9-15-11(2)24-18-25-17(19(21,22)23)26-28(18)12(15)3/h5-8H,4,9-10H2,1-3H3. The molecule has 0 aliphatic rings. The number of fused-ring (bicyclic) bond motifs is 1. The molecular formula is C19H19F4N5O. The largest absolute Gasteiger partial charge is 0.453 e. The van der Waals surface area contributed by atoms with E-state index in [-0.39, 0.29) is 30.5 Å². The number of nitrogens with zero attached hydrogens (tertiary/aromatic N) is 5. The number of hydrogen-bond acceptors (Lipinski definition) is 4. The summed E-state index contributed by atoms with van der Waals surface area (Å²) < 4.78 is 53.1. The highest BCUT2D eigenvalue weighted by Crippen LogP contribution is 2.27. The smallest absolute Gasteiger partial charge is 0.338 e. The van der Waals surface area contributed by atoms with Gasteiger partial charge in [0.05, 0.1) is 6.42 Å². The predicted octanol–water partition coefficient (Wildman–Crippen LogP) is 3.49. The molecule has 0 spiro atoms. The summed E-state index contributed by atoms with van der Waals surface area (Å²) in [6.45, 7) is 5.60. The van der Waals surface area contributed by atoms with Crippen LogP contribution in [0.1, 0.15) is 35.3 Å². The van der Waals surface area contributed by atoms with Crippen molar-refractivity contribution in [2.75, 3.05) is 6.54 Å². The number of rotatable bonds is 5. The third kappa shape index (κ3) is 4.36. The van der Waals surface area contributed by atoms with Gasteiger partial charge in [-0.05, 0) is 38.5 Å². The molecule has 0 fully saturated rings. The molecule has 154 valence electrons. The molecule has 0 N–H and O–H groups in total. The maximum Gasteiger partial charge on any atom is 0.453 e. The van der Waals surface area contributed by atoms with Crippen LogP contribution in [0.25, 0.3) is 5.78 Å². The Labute approximate surface area is 164 Å². The molecule has 2 aromatic heterocycles. The van der Waals surface area contributed by atoms with Crippen molar-refractivity contribution in [3.8, 4) is 0 Å². The van der Waals surface area contributed by atoms with Crippen molar-refractivity contribution in [2.24, 2.45) is 0 Å². The number of alkyl halides is 3. The van der Waals surface area contributed by atoms with Gasteiger partial charge in [-0.15, -0.1) is 5.10 Å². The number of amides is 1. The SMILES string of the molecule is CCN(Cc1cccc(F)c1)C(=O)Cc1c(C)nc2nc(C(F)(F)F)nn2c1C. The number of likely N-dealkylation sites (N-methyl/N-ethyl adjacent to an activating group) is 1. The molecule has 0 unspecified atom stereocenters. The normalized spacial score (nSPS) is 11.8. The summed E-state index contributed by atoms with van der Waals surface area (Å²) in [7, 11) is 0. The first-order chi connectivity index (χ1) is 13.6. The van der Waals surface area contributed by atoms with E-state index in [4.69, 9.17) is 0 Å². The second-order valence-corrected chi connectivity index (χ2v) is 6.62. The van der Waals surface area contributed by atoms with E-state index in [0.29, 0.717) is 29.1 Å². The number of aromatic nitrogens is 4. The third-order valence-corrected chi connectivity index (χ3v) is 4.63. The zero-order chi connectivity index (χ0) is 21.3. The van der Waals surface area contributed by atoms with E-state index in [1.54, 1.807) is 37.8 Å². The van der Waals surface area contributed by atoms with Crippen LogP contribution in [0.5, 0.6) is 0 Å². The summed E-state index contributed by atoms with van der Waals surface area (Å²) in [5.74, 6) is -2.09. The third-order valence-electron chi connectivity index (χ3n) is 4.63. The predicted molar refractivity (Wildman–Crippen MR) is 96.5 cm³/mol. The maximum absolute atomic E-state index is 13.4. The lowest BCUT2D eigenvalue weighted by atomic mass is 10.1. The van der Waals surface area contributed by atoms with Crippen LogP contribution in [0, 0.1) is 19.7 Å². The number of benzene rings is 1. The first-order valence-electron chi connectivity index (χ1n) is 8.92. The van der Waals surface area contributed by atoms with Crippen LogP contribution < -0.4 is 0 Å². The number of carbonyl (C=O) groups is 1. The van der Waals surface area contributed by atoms with Gasteiger partial charge in [-0.2, -0.15) is 18.2 Å². The minimum absolute atomic E-state index is 0.0645. The number of aryl methyl sites for hydroxylation is 2. The first kappa shape index (κ1) is 20.7. The van der Waals surface area contributed by atoms with Crippen molar-refractivity contribution in [3.05, 3.63) is 58.4 Å². The fourth-order valence-corrected chi connectivity index (χ4v) is 3.08. The van der Waals surface area contributed by atoms with Crippen molar-refractivity contribution in [3.63, 3.8) is 0 Å². The highest BCUT2D eigenvalue weighted by atomic mass is 19.4. The van der Waals surface area contributed by atoms with Crippen LogP contribution >= 0.6 is 0 Å². The Bertz CT molecular complexity index is 1060. The number of halogens is 4. The Morgan fingerprint density at radius 3 is 2.55 bits per heavy atom. The van der Waals surface area contributed by atoms with Gasteiger partial charge in [-0.3, -0.25) is 4.79 Å². The topological polar surface area (TPSA) is 63.4 Å². The first-order valence-corrected chi connectivity index (χ1v) is 8.92. The molecule has 0 saturated heterocycles. The molecule has 0 radical (unpaired) electrons. The van der Waals surface area contributed by atoms with Gasteiger partial charge < -0.3 is 4.90 Å². The van der Waals surface area contributed by atoms with Gasteiger partial charge in [0.1, 0.15) is 5.82 Å². The van der Waals surface area contributed by atoms with E-state index in [1.807, 2.05) is 0 Å². The van der Waals surface area contributed by atoms with Gasteiger partial charge in [0, 0.05) is 30.0 Å². The minimum atomic E-state index is -4.69. The summed E-state index contributed by atoms with van der Waals surface area (Å²) >= 11 is 0. The molecule has 0 saturated carbocycles.